The number of ether oxygens (including phenoxy) is 1. The van der Waals surface area contributed by atoms with Gasteiger partial charge in [-0.05, 0) is 19.8 Å². The summed E-state index contributed by atoms with van der Waals surface area (Å²) in [7, 11) is 0. The molecule has 1 N–H and O–H groups in total. The summed E-state index contributed by atoms with van der Waals surface area (Å²) in [6.07, 6.45) is 0.828. The Morgan fingerprint density at radius 2 is 2.07 bits per heavy atom. The first-order valence-electron chi connectivity index (χ1n) is 4.62. The van der Waals surface area contributed by atoms with Gasteiger partial charge in [-0.15, -0.1) is 0 Å². The highest BCUT2D eigenvalue weighted by atomic mass is 16.5. The lowest BCUT2D eigenvalue weighted by molar-refractivity contribution is -0.156. The molecule has 0 aromatic carbocycles. The number of esters is 1. The molecule has 0 aliphatic heterocycles. The second kappa shape index (κ2) is 4.26. The van der Waals surface area contributed by atoms with Crippen molar-refractivity contribution in [2.45, 2.75) is 19.8 Å². The minimum atomic E-state index is -0.943. The van der Waals surface area contributed by atoms with Gasteiger partial charge in [0.15, 0.2) is 0 Å². The summed E-state index contributed by atoms with van der Waals surface area (Å²) in [6.45, 7) is 5.70. The molecule has 1 saturated carbocycles. The fraction of sp³-hybridized carbons (Fsp3) is 0.600. The zero-order valence-electron chi connectivity index (χ0n) is 8.16. The number of aliphatic carboxylic acids is 1. The summed E-state index contributed by atoms with van der Waals surface area (Å²) >= 11 is 0. The Labute approximate surface area is 82.6 Å². The molecule has 0 heterocycles. The first kappa shape index (κ1) is 10.8. The van der Waals surface area contributed by atoms with Crippen molar-refractivity contribution in [3.63, 3.8) is 0 Å². The summed E-state index contributed by atoms with van der Waals surface area (Å²) in [4.78, 5) is 22.2. The smallest absolute Gasteiger partial charge is 0.310 e. The van der Waals surface area contributed by atoms with Gasteiger partial charge in [0.25, 0.3) is 0 Å². The van der Waals surface area contributed by atoms with E-state index in [0.717, 1.165) is 5.57 Å². The highest BCUT2D eigenvalue weighted by Crippen LogP contribution is 2.35. The molecule has 0 unspecified atom stereocenters. The lowest BCUT2D eigenvalue weighted by Crippen LogP contribution is -2.26. The molecule has 1 fully saturated rings. The molecule has 78 valence electrons. The van der Waals surface area contributed by atoms with Crippen molar-refractivity contribution in [2.24, 2.45) is 11.8 Å². The molecule has 0 aromatic heterocycles. The Morgan fingerprint density at radius 3 is 2.57 bits per heavy atom. The molecule has 1 rings (SSSR count). The molecule has 1 aliphatic rings. The molecule has 0 radical (unpaired) electrons. The first-order chi connectivity index (χ1) is 6.56. The number of allylic oxidation sites excluding steroid dienone is 1. The summed E-state index contributed by atoms with van der Waals surface area (Å²) in [5, 5.41) is 8.87. The van der Waals surface area contributed by atoms with Crippen molar-refractivity contribution < 1.29 is 19.4 Å². The quantitative estimate of drug-likeness (QED) is 0.547. The minimum Gasteiger partial charge on any atom is -0.481 e. The molecule has 0 aromatic rings. The van der Waals surface area contributed by atoms with E-state index in [0.29, 0.717) is 12.8 Å². The second-order valence-electron chi connectivity index (χ2n) is 3.46. The largest absolute Gasteiger partial charge is 0.481 e. The monoisotopic (exact) mass is 198 g/mol. The van der Waals surface area contributed by atoms with E-state index >= 15 is 0 Å². The molecule has 4 heteroatoms. The van der Waals surface area contributed by atoms with E-state index in [1.807, 2.05) is 0 Å². The summed E-state index contributed by atoms with van der Waals surface area (Å²) < 4.78 is 4.81. The average Bonchev–Trinajstić information content (AvgIpc) is 2.48. The number of carbonyl (C=O) groups is 2. The number of hydrogen-bond donors (Lipinski definition) is 1. The van der Waals surface area contributed by atoms with E-state index in [1.165, 1.54) is 0 Å². The Morgan fingerprint density at radius 1 is 1.50 bits per heavy atom. The van der Waals surface area contributed by atoms with Crippen LogP contribution in [0, 0.1) is 11.8 Å². The minimum absolute atomic E-state index is 0.286. The van der Waals surface area contributed by atoms with Gasteiger partial charge in [-0.1, -0.05) is 12.2 Å². The topological polar surface area (TPSA) is 63.6 Å². The van der Waals surface area contributed by atoms with Crippen LogP contribution in [0.4, 0.5) is 0 Å². The first-order valence-corrected chi connectivity index (χ1v) is 4.62. The third-order valence-corrected chi connectivity index (χ3v) is 2.41. The van der Waals surface area contributed by atoms with Crippen molar-refractivity contribution in [3.05, 3.63) is 12.2 Å². The van der Waals surface area contributed by atoms with Crippen molar-refractivity contribution in [1.29, 1.82) is 0 Å². The van der Waals surface area contributed by atoms with Gasteiger partial charge in [-0.3, -0.25) is 9.59 Å². The van der Waals surface area contributed by atoms with Crippen molar-refractivity contribution in [1.82, 2.24) is 0 Å². The average molecular weight is 198 g/mol. The molecular weight excluding hydrogens is 184 g/mol. The van der Waals surface area contributed by atoms with Crippen LogP contribution < -0.4 is 0 Å². The van der Waals surface area contributed by atoms with Crippen LogP contribution in [0.1, 0.15) is 19.8 Å². The second-order valence-corrected chi connectivity index (χ2v) is 3.46. The van der Waals surface area contributed by atoms with Gasteiger partial charge in [0.1, 0.15) is 0 Å². The Kier molecular flexibility index (Phi) is 3.28. The third kappa shape index (κ3) is 2.13. The van der Waals surface area contributed by atoms with Crippen molar-refractivity contribution >= 4 is 11.9 Å². The van der Waals surface area contributed by atoms with Crippen LogP contribution in [-0.4, -0.2) is 23.7 Å². The van der Waals surface area contributed by atoms with E-state index in [9.17, 15) is 9.59 Å². The Balaban J connectivity index is 2.71. The van der Waals surface area contributed by atoms with E-state index in [-0.39, 0.29) is 6.61 Å². The van der Waals surface area contributed by atoms with Gasteiger partial charge in [0.2, 0.25) is 0 Å². The number of carboxylic acids is 1. The molecule has 0 saturated heterocycles. The predicted octanol–water partition coefficient (Wildman–Crippen LogP) is 1.22. The van der Waals surface area contributed by atoms with Crippen molar-refractivity contribution in [2.75, 3.05) is 6.61 Å². The van der Waals surface area contributed by atoms with Crippen LogP contribution >= 0.6 is 0 Å². The highest BCUT2D eigenvalue weighted by Gasteiger charge is 2.40. The predicted molar refractivity (Wildman–Crippen MR) is 49.6 cm³/mol. The zero-order valence-corrected chi connectivity index (χ0v) is 8.16. The lowest BCUT2D eigenvalue weighted by atomic mass is 9.96. The van der Waals surface area contributed by atoms with Gasteiger partial charge in [-0.25, -0.2) is 0 Å². The molecule has 0 amide bonds. The van der Waals surface area contributed by atoms with E-state index in [4.69, 9.17) is 9.84 Å². The molecule has 1 aliphatic carbocycles. The van der Waals surface area contributed by atoms with Crippen molar-refractivity contribution in [3.8, 4) is 0 Å². The maximum Gasteiger partial charge on any atom is 0.310 e. The van der Waals surface area contributed by atoms with Crippen LogP contribution in [0.15, 0.2) is 12.2 Å². The van der Waals surface area contributed by atoms with Crippen LogP contribution in [-0.2, 0) is 14.3 Å². The van der Waals surface area contributed by atoms with Gasteiger partial charge < -0.3 is 9.84 Å². The summed E-state index contributed by atoms with van der Waals surface area (Å²) in [6, 6.07) is 0. The van der Waals surface area contributed by atoms with Gasteiger partial charge in [-0.2, -0.15) is 0 Å². The molecule has 0 spiro atoms. The number of carboxylic acid groups (broad SMARTS) is 1. The van der Waals surface area contributed by atoms with Crippen LogP contribution in [0.2, 0.25) is 0 Å². The van der Waals surface area contributed by atoms with Gasteiger partial charge in [0.05, 0.1) is 18.4 Å². The fourth-order valence-corrected chi connectivity index (χ4v) is 1.75. The number of hydrogen-bond acceptors (Lipinski definition) is 3. The summed E-state index contributed by atoms with van der Waals surface area (Å²) in [5.74, 6) is -2.55. The molecule has 4 nitrogen and oxygen atoms in total. The Bertz CT molecular complexity index is 269. The molecule has 2 atom stereocenters. The van der Waals surface area contributed by atoms with Gasteiger partial charge in [0, 0.05) is 0 Å². The maximum atomic E-state index is 11.4. The van der Waals surface area contributed by atoms with Crippen LogP contribution in [0.3, 0.4) is 0 Å². The van der Waals surface area contributed by atoms with E-state index in [1.54, 1.807) is 6.92 Å². The fourth-order valence-electron chi connectivity index (χ4n) is 1.75. The van der Waals surface area contributed by atoms with E-state index in [2.05, 4.69) is 6.58 Å². The molecule has 14 heavy (non-hydrogen) atoms. The lowest BCUT2D eigenvalue weighted by Gasteiger charge is -2.13. The Hall–Kier alpha value is -1.32. The standard InChI is InChI=1S/C10H14O4/c1-3-14-10(13)8-5-6(2)4-7(8)9(11)12/h7-8H,2-5H2,1H3,(H,11,12)/t7-,8-/m0/s1. The third-order valence-electron chi connectivity index (χ3n) is 2.41. The highest BCUT2D eigenvalue weighted by molar-refractivity contribution is 5.82. The normalized spacial score (nSPS) is 26.2. The molecular formula is C10H14O4. The van der Waals surface area contributed by atoms with E-state index < -0.39 is 23.8 Å². The number of carbonyl (C=O) groups excluding carboxylic acids is 1. The SMILES string of the molecule is C=C1C[C@H](C(=O)O)[C@@H](C(=O)OCC)C1. The van der Waals surface area contributed by atoms with Crippen LogP contribution in [0.25, 0.3) is 0 Å². The number of rotatable bonds is 3. The summed E-state index contributed by atoms with van der Waals surface area (Å²) in [5.41, 5.74) is 0.815. The van der Waals surface area contributed by atoms with Crippen LogP contribution in [0.5, 0.6) is 0 Å². The zero-order chi connectivity index (χ0) is 10.7. The van der Waals surface area contributed by atoms with Gasteiger partial charge >= 0.3 is 11.9 Å². The molecule has 0 bridgehead atoms. The maximum absolute atomic E-state index is 11.4.